The number of benzene rings is 2. The van der Waals surface area contributed by atoms with Crippen LogP contribution < -0.4 is 10.6 Å². The molecule has 2 aliphatic heterocycles. The van der Waals surface area contributed by atoms with Gasteiger partial charge in [0, 0.05) is 30.9 Å². The zero-order valence-corrected chi connectivity index (χ0v) is 16.7. The minimum absolute atomic E-state index is 0.00351. The number of sulfonamides is 1. The highest BCUT2D eigenvalue weighted by Crippen LogP contribution is 2.28. The van der Waals surface area contributed by atoms with Crippen molar-refractivity contribution in [1.29, 1.82) is 0 Å². The molecule has 8 heteroatoms. The molecule has 152 valence electrons. The van der Waals surface area contributed by atoms with Gasteiger partial charge in [0.1, 0.15) is 0 Å². The standard InChI is InChI=1S/C21H23N3O4S/c25-20-11-8-15-13-17(9-10-19(15)23-20)22-21(26)16-5-4-12-24(14-16)29(27,28)18-6-2-1-3-7-18/h1-3,6-7,9-10,13,16H,4-5,8,11-12,14H2,(H,22,26)(H,23,25). The number of carbonyl (C=O) groups is 2. The Labute approximate surface area is 170 Å². The number of fused-ring (bicyclic) bond motifs is 1. The summed E-state index contributed by atoms with van der Waals surface area (Å²) < 4.78 is 27.1. The summed E-state index contributed by atoms with van der Waals surface area (Å²) in [5.74, 6) is -0.591. The van der Waals surface area contributed by atoms with Crippen molar-refractivity contribution in [3.05, 3.63) is 54.1 Å². The fourth-order valence-electron chi connectivity index (χ4n) is 3.82. The molecule has 2 aromatic rings. The molecule has 0 aliphatic carbocycles. The van der Waals surface area contributed by atoms with Crippen LogP contribution in [-0.2, 0) is 26.0 Å². The molecule has 2 N–H and O–H groups in total. The summed E-state index contributed by atoms with van der Waals surface area (Å²) in [5.41, 5.74) is 2.42. The molecule has 7 nitrogen and oxygen atoms in total. The molecule has 0 aromatic heterocycles. The first kappa shape index (κ1) is 19.6. The predicted molar refractivity (Wildman–Crippen MR) is 110 cm³/mol. The summed E-state index contributed by atoms with van der Waals surface area (Å²) >= 11 is 0. The predicted octanol–water partition coefficient (Wildman–Crippen LogP) is 2.61. The van der Waals surface area contributed by atoms with E-state index in [9.17, 15) is 18.0 Å². The van der Waals surface area contributed by atoms with E-state index >= 15 is 0 Å². The number of amides is 2. The SMILES string of the molecule is O=C1CCc2cc(NC(=O)C3CCCN(S(=O)(=O)c4ccccc4)C3)ccc2N1. The molecule has 1 atom stereocenters. The molecule has 2 heterocycles. The lowest BCUT2D eigenvalue weighted by Gasteiger charge is -2.31. The molecule has 1 unspecified atom stereocenters. The van der Waals surface area contributed by atoms with Gasteiger partial charge < -0.3 is 10.6 Å². The molecule has 0 spiro atoms. The third kappa shape index (κ3) is 4.18. The van der Waals surface area contributed by atoms with Gasteiger partial charge in [0.25, 0.3) is 0 Å². The van der Waals surface area contributed by atoms with Crippen LogP contribution in [-0.4, -0.2) is 37.6 Å². The molecular weight excluding hydrogens is 390 g/mol. The zero-order chi connectivity index (χ0) is 20.4. The Hall–Kier alpha value is -2.71. The lowest BCUT2D eigenvalue weighted by Crippen LogP contribution is -2.43. The smallest absolute Gasteiger partial charge is 0.243 e. The third-order valence-corrected chi connectivity index (χ3v) is 7.28. The summed E-state index contributed by atoms with van der Waals surface area (Å²) in [4.78, 5) is 24.5. The number of carbonyl (C=O) groups excluding carboxylic acids is 2. The molecule has 0 saturated carbocycles. The van der Waals surface area contributed by atoms with Crippen LogP contribution in [0.5, 0.6) is 0 Å². The number of piperidine rings is 1. The van der Waals surface area contributed by atoms with Crippen LogP contribution in [0.2, 0.25) is 0 Å². The quantitative estimate of drug-likeness (QED) is 0.805. The molecule has 0 bridgehead atoms. The van der Waals surface area contributed by atoms with Crippen LogP contribution in [0.15, 0.2) is 53.4 Å². The summed E-state index contributed by atoms with van der Waals surface area (Å²) in [6.45, 7) is 0.587. The van der Waals surface area contributed by atoms with E-state index in [4.69, 9.17) is 0 Å². The summed E-state index contributed by atoms with van der Waals surface area (Å²) in [7, 11) is -3.61. The van der Waals surface area contributed by atoms with Crippen molar-refractivity contribution in [3.8, 4) is 0 Å². The first-order chi connectivity index (χ1) is 13.9. The fraction of sp³-hybridized carbons (Fsp3) is 0.333. The number of aryl methyl sites for hydroxylation is 1. The number of nitrogens with zero attached hydrogens (tertiary/aromatic N) is 1. The summed E-state index contributed by atoms with van der Waals surface area (Å²) in [6, 6.07) is 13.7. The molecule has 1 fully saturated rings. The van der Waals surface area contributed by atoms with Gasteiger partial charge in [0.2, 0.25) is 21.8 Å². The highest BCUT2D eigenvalue weighted by molar-refractivity contribution is 7.89. The van der Waals surface area contributed by atoms with E-state index in [-0.39, 0.29) is 23.3 Å². The Morgan fingerprint density at radius 1 is 1.10 bits per heavy atom. The van der Waals surface area contributed by atoms with Gasteiger partial charge in [0.05, 0.1) is 10.8 Å². The molecule has 1 saturated heterocycles. The van der Waals surface area contributed by atoms with Gasteiger partial charge in [-0.25, -0.2) is 8.42 Å². The Bertz CT molecular complexity index is 1040. The van der Waals surface area contributed by atoms with Crippen molar-refractivity contribution >= 4 is 33.2 Å². The zero-order valence-electron chi connectivity index (χ0n) is 15.9. The van der Waals surface area contributed by atoms with E-state index in [0.717, 1.165) is 11.3 Å². The molecule has 4 rings (SSSR count). The molecular formula is C21H23N3O4S. The van der Waals surface area contributed by atoms with Gasteiger partial charge in [-0.2, -0.15) is 4.31 Å². The Morgan fingerprint density at radius 3 is 2.69 bits per heavy atom. The van der Waals surface area contributed by atoms with Gasteiger partial charge in [-0.05, 0) is 55.2 Å². The first-order valence-corrected chi connectivity index (χ1v) is 11.2. The third-order valence-electron chi connectivity index (χ3n) is 5.40. The minimum atomic E-state index is -3.61. The van der Waals surface area contributed by atoms with E-state index in [0.29, 0.717) is 37.9 Å². The monoisotopic (exact) mass is 413 g/mol. The Kier molecular flexibility index (Phi) is 5.38. The molecule has 2 amide bonds. The van der Waals surface area contributed by atoms with Crippen LogP contribution in [0.25, 0.3) is 0 Å². The number of rotatable bonds is 4. The Morgan fingerprint density at radius 2 is 1.90 bits per heavy atom. The van der Waals surface area contributed by atoms with E-state index in [2.05, 4.69) is 10.6 Å². The second-order valence-electron chi connectivity index (χ2n) is 7.42. The van der Waals surface area contributed by atoms with Gasteiger partial charge in [-0.15, -0.1) is 0 Å². The highest BCUT2D eigenvalue weighted by Gasteiger charge is 2.33. The average molecular weight is 413 g/mol. The summed E-state index contributed by atoms with van der Waals surface area (Å²) in [5, 5.41) is 5.73. The molecule has 2 aromatic carbocycles. The maximum atomic E-state index is 12.9. The minimum Gasteiger partial charge on any atom is -0.326 e. The van der Waals surface area contributed by atoms with Gasteiger partial charge >= 0.3 is 0 Å². The van der Waals surface area contributed by atoms with Crippen molar-refractivity contribution in [2.75, 3.05) is 23.7 Å². The van der Waals surface area contributed by atoms with E-state index in [1.54, 1.807) is 42.5 Å². The maximum Gasteiger partial charge on any atom is 0.243 e. The van der Waals surface area contributed by atoms with Crippen molar-refractivity contribution in [2.24, 2.45) is 5.92 Å². The lowest BCUT2D eigenvalue weighted by atomic mass is 9.98. The summed E-state index contributed by atoms with van der Waals surface area (Å²) in [6.07, 6.45) is 2.35. The number of anilines is 2. The second-order valence-corrected chi connectivity index (χ2v) is 9.36. The fourth-order valence-corrected chi connectivity index (χ4v) is 5.37. The molecule has 29 heavy (non-hydrogen) atoms. The van der Waals surface area contributed by atoms with E-state index < -0.39 is 15.9 Å². The van der Waals surface area contributed by atoms with Crippen LogP contribution in [0.3, 0.4) is 0 Å². The van der Waals surface area contributed by atoms with Crippen molar-refractivity contribution in [1.82, 2.24) is 4.31 Å². The van der Waals surface area contributed by atoms with Gasteiger partial charge in [0.15, 0.2) is 0 Å². The van der Waals surface area contributed by atoms with Crippen LogP contribution in [0.4, 0.5) is 11.4 Å². The highest BCUT2D eigenvalue weighted by atomic mass is 32.2. The van der Waals surface area contributed by atoms with Gasteiger partial charge in [-0.3, -0.25) is 9.59 Å². The lowest BCUT2D eigenvalue weighted by molar-refractivity contribution is -0.121. The maximum absolute atomic E-state index is 12.9. The average Bonchev–Trinajstić information content (AvgIpc) is 2.74. The van der Waals surface area contributed by atoms with E-state index in [1.165, 1.54) is 4.31 Å². The van der Waals surface area contributed by atoms with Crippen LogP contribution in [0.1, 0.15) is 24.8 Å². The largest absolute Gasteiger partial charge is 0.326 e. The van der Waals surface area contributed by atoms with Crippen molar-refractivity contribution in [3.63, 3.8) is 0 Å². The normalized spacial score (nSPS) is 19.9. The Balaban J connectivity index is 1.45. The molecule has 0 radical (unpaired) electrons. The van der Waals surface area contributed by atoms with Crippen LogP contribution in [0, 0.1) is 5.92 Å². The number of hydrogen-bond donors (Lipinski definition) is 2. The van der Waals surface area contributed by atoms with Crippen molar-refractivity contribution < 1.29 is 18.0 Å². The first-order valence-electron chi connectivity index (χ1n) is 9.72. The van der Waals surface area contributed by atoms with Gasteiger partial charge in [-0.1, -0.05) is 18.2 Å². The van der Waals surface area contributed by atoms with Crippen LogP contribution >= 0.6 is 0 Å². The second kappa shape index (κ2) is 7.96. The number of nitrogens with one attached hydrogen (secondary N) is 2. The molecule has 2 aliphatic rings. The number of hydrogen-bond acceptors (Lipinski definition) is 4. The van der Waals surface area contributed by atoms with Crippen molar-refractivity contribution in [2.45, 2.75) is 30.6 Å². The topological polar surface area (TPSA) is 95.6 Å². The van der Waals surface area contributed by atoms with E-state index in [1.807, 2.05) is 6.07 Å².